The molecule has 0 aliphatic rings. The number of hydrogen-bond acceptors (Lipinski definition) is 5. The van der Waals surface area contributed by atoms with Gasteiger partial charge in [-0.2, -0.15) is 0 Å². The van der Waals surface area contributed by atoms with Crippen LogP contribution in [0.1, 0.15) is 6.92 Å². The fourth-order valence-corrected chi connectivity index (χ4v) is 2.38. The second-order valence-electron chi connectivity index (χ2n) is 4.30. The number of para-hydroxylation sites is 1. The van der Waals surface area contributed by atoms with Crippen molar-refractivity contribution >= 4 is 22.7 Å². The summed E-state index contributed by atoms with van der Waals surface area (Å²) in [7, 11) is 0. The van der Waals surface area contributed by atoms with Crippen molar-refractivity contribution in [3.8, 4) is 11.6 Å². The number of nitrogens with one attached hydrogen (secondary N) is 1. The lowest BCUT2D eigenvalue weighted by molar-refractivity contribution is 0.220. The molecule has 0 amide bonds. The van der Waals surface area contributed by atoms with Crippen molar-refractivity contribution in [1.82, 2.24) is 15.2 Å². The highest BCUT2D eigenvalue weighted by molar-refractivity contribution is 7.99. The van der Waals surface area contributed by atoms with Crippen molar-refractivity contribution in [3.05, 3.63) is 30.3 Å². The van der Waals surface area contributed by atoms with Gasteiger partial charge in [-0.1, -0.05) is 30.0 Å². The number of benzene rings is 1. The zero-order valence-electron chi connectivity index (χ0n) is 10.3. The van der Waals surface area contributed by atoms with E-state index in [1.807, 2.05) is 30.3 Å². The van der Waals surface area contributed by atoms with Crippen molar-refractivity contribution < 1.29 is 9.52 Å². The highest BCUT2D eigenvalue weighted by atomic mass is 32.2. The van der Waals surface area contributed by atoms with Gasteiger partial charge in [-0.15, -0.1) is 10.2 Å². The Hall–Kier alpha value is -1.79. The Morgan fingerprint density at radius 2 is 2.21 bits per heavy atom. The van der Waals surface area contributed by atoms with Crippen LogP contribution in [0.3, 0.4) is 0 Å². The van der Waals surface area contributed by atoms with Gasteiger partial charge < -0.3 is 14.5 Å². The molecule has 0 bridgehead atoms. The predicted octanol–water partition coefficient (Wildman–Crippen LogP) is 2.69. The van der Waals surface area contributed by atoms with Crippen LogP contribution in [0.25, 0.3) is 22.5 Å². The van der Waals surface area contributed by atoms with E-state index >= 15 is 0 Å². The predicted molar refractivity (Wildman–Crippen MR) is 74.0 cm³/mol. The van der Waals surface area contributed by atoms with Gasteiger partial charge in [-0.3, -0.25) is 0 Å². The van der Waals surface area contributed by atoms with E-state index in [0.717, 1.165) is 16.6 Å². The zero-order valence-corrected chi connectivity index (χ0v) is 11.1. The first kappa shape index (κ1) is 12.3. The molecule has 6 heteroatoms. The summed E-state index contributed by atoms with van der Waals surface area (Å²) in [4.78, 5) is 3.24. The molecule has 0 radical (unpaired) electrons. The second kappa shape index (κ2) is 5.07. The van der Waals surface area contributed by atoms with Crippen molar-refractivity contribution in [2.24, 2.45) is 0 Å². The molecule has 19 heavy (non-hydrogen) atoms. The number of nitrogens with zero attached hydrogens (tertiary/aromatic N) is 2. The fourth-order valence-electron chi connectivity index (χ4n) is 1.76. The van der Waals surface area contributed by atoms with E-state index in [-0.39, 0.29) is 0 Å². The van der Waals surface area contributed by atoms with Crippen LogP contribution < -0.4 is 0 Å². The van der Waals surface area contributed by atoms with Crippen LogP contribution >= 0.6 is 11.8 Å². The maximum atomic E-state index is 9.22. The first-order valence-corrected chi connectivity index (χ1v) is 6.93. The van der Waals surface area contributed by atoms with Crippen LogP contribution in [0.2, 0.25) is 0 Å². The Kier molecular flexibility index (Phi) is 3.27. The quantitative estimate of drug-likeness (QED) is 0.716. The first-order chi connectivity index (χ1) is 9.22. The van der Waals surface area contributed by atoms with Gasteiger partial charge in [0.2, 0.25) is 0 Å². The van der Waals surface area contributed by atoms with Gasteiger partial charge in [0.25, 0.3) is 11.1 Å². The molecule has 0 saturated heterocycles. The Bertz CT molecular complexity index is 657. The highest BCUT2D eigenvalue weighted by Crippen LogP contribution is 2.25. The van der Waals surface area contributed by atoms with Gasteiger partial charge in [0.15, 0.2) is 0 Å². The topological polar surface area (TPSA) is 74.9 Å². The van der Waals surface area contributed by atoms with E-state index in [2.05, 4.69) is 15.2 Å². The molecule has 0 aliphatic heterocycles. The van der Waals surface area contributed by atoms with E-state index in [9.17, 15) is 5.11 Å². The highest BCUT2D eigenvalue weighted by Gasteiger charge is 2.12. The van der Waals surface area contributed by atoms with Crippen molar-refractivity contribution in [2.45, 2.75) is 18.3 Å². The molecular weight excluding hydrogens is 262 g/mol. The standard InChI is InChI=1S/C13H13N3O2S/c1-8(17)7-19-13-16-15-12(18-13)11-6-9-4-2-3-5-10(9)14-11/h2-6,8,14,17H,7H2,1H3. The molecule has 0 aliphatic carbocycles. The molecule has 98 valence electrons. The Labute approximate surface area is 114 Å². The number of aromatic amines is 1. The molecule has 3 rings (SSSR count). The molecule has 0 saturated carbocycles. The van der Waals surface area contributed by atoms with Crippen molar-refractivity contribution in [3.63, 3.8) is 0 Å². The number of aliphatic hydroxyl groups excluding tert-OH is 1. The molecule has 3 aromatic rings. The molecule has 0 spiro atoms. The fraction of sp³-hybridized carbons (Fsp3) is 0.231. The molecule has 5 nitrogen and oxygen atoms in total. The summed E-state index contributed by atoms with van der Waals surface area (Å²) in [5.41, 5.74) is 1.84. The summed E-state index contributed by atoms with van der Waals surface area (Å²) in [6.45, 7) is 1.72. The lowest BCUT2D eigenvalue weighted by atomic mass is 10.2. The average molecular weight is 275 g/mol. The Morgan fingerprint density at radius 3 is 3.00 bits per heavy atom. The normalized spacial score (nSPS) is 12.9. The number of aromatic nitrogens is 3. The summed E-state index contributed by atoms with van der Waals surface area (Å²) in [5, 5.41) is 18.7. The number of fused-ring (bicyclic) bond motifs is 1. The molecule has 1 atom stereocenters. The van der Waals surface area contributed by atoms with Crippen LogP contribution in [0.5, 0.6) is 0 Å². The summed E-state index contributed by atoms with van der Waals surface area (Å²) >= 11 is 1.35. The molecule has 0 fully saturated rings. The number of rotatable bonds is 4. The molecule has 2 N–H and O–H groups in total. The average Bonchev–Trinajstić information content (AvgIpc) is 3.02. The third-order valence-electron chi connectivity index (χ3n) is 2.61. The lowest BCUT2D eigenvalue weighted by Crippen LogP contribution is -2.02. The molecule has 2 heterocycles. The summed E-state index contributed by atoms with van der Waals surface area (Å²) in [6, 6.07) is 9.96. The van der Waals surface area contributed by atoms with Crippen LogP contribution in [0, 0.1) is 0 Å². The van der Waals surface area contributed by atoms with Gasteiger partial charge >= 0.3 is 0 Å². The van der Waals surface area contributed by atoms with E-state index in [4.69, 9.17) is 4.42 Å². The Balaban J connectivity index is 1.85. The van der Waals surface area contributed by atoms with E-state index < -0.39 is 6.10 Å². The van der Waals surface area contributed by atoms with Crippen LogP contribution in [0.4, 0.5) is 0 Å². The smallest absolute Gasteiger partial charge is 0.277 e. The maximum absolute atomic E-state index is 9.22. The second-order valence-corrected chi connectivity index (χ2v) is 5.27. The van der Waals surface area contributed by atoms with Crippen LogP contribution in [-0.4, -0.2) is 32.1 Å². The van der Waals surface area contributed by atoms with E-state index in [1.54, 1.807) is 6.92 Å². The number of hydrogen-bond donors (Lipinski definition) is 2. The minimum absolute atomic E-state index is 0.395. The number of H-pyrrole nitrogens is 1. The van der Waals surface area contributed by atoms with E-state index in [0.29, 0.717) is 16.9 Å². The SMILES string of the molecule is CC(O)CSc1nnc(-c2cc3ccccc3[nH]2)o1. The summed E-state index contributed by atoms with van der Waals surface area (Å²) in [6.07, 6.45) is -0.395. The van der Waals surface area contributed by atoms with Gasteiger partial charge in [-0.05, 0) is 19.1 Å². The molecule has 1 unspecified atom stereocenters. The van der Waals surface area contributed by atoms with Gasteiger partial charge in [0.05, 0.1) is 6.10 Å². The summed E-state index contributed by atoms with van der Waals surface area (Å²) < 4.78 is 5.55. The number of thioether (sulfide) groups is 1. The third kappa shape index (κ3) is 2.64. The molecule has 2 aromatic heterocycles. The van der Waals surface area contributed by atoms with Crippen LogP contribution in [-0.2, 0) is 0 Å². The van der Waals surface area contributed by atoms with Gasteiger partial charge in [0, 0.05) is 16.7 Å². The first-order valence-electron chi connectivity index (χ1n) is 5.95. The largest absolute Gasteiger partial charge is 0.410 e. The van der Waals surface area contributed by atoms with E-state index in [1.165, 1.54) is 11.8 Å². The minimum atomic E-state index is -0.395. The third-order valence-corrected chi connectivity index (χ3v) is 3.68. The van der Waals surface area contributed by atoms with Crippen molar-refractivity contribution in [2.75, 3.05) is 5.75 Å². The van der Waals surface area contributed by atoms with Gasteiger partial charge in [-0.25, -0.2) is 0 Å². The molecular formula is C13H13N3O2S. The number of aliphatic hydroxyl groups is 1. The van der Waals surface area contributed by atoms with Crippen molar-refractivity contribution in [1.29, 1.82) is 0 Å². The minimum Gasteiger partial charge on any atom is -0.410 e. The zero-order chi connectivity index (χ0) is 13.2. The maximum Gasteiger partial charge on any atom is 0.277 e. The lowest BCUT2D eigenvalue weighted by Gasteiger charge is -1.98. The monoisotopic (exact) mass is 275 g/mol. The van der Waals surface area contributed by atoms with Gasteiger partial charge in [0.1, 0.15) is 5.69 Å². The van der Waals surface area contributed by atoms with Crippen LogP contribution in [0.15, 0.2) is 40.0 Å². The molecule has 1 aromatic carbocycles. The summed E-state index contributed by atoms with van der Waals surface area (Å²) in [5.74, 6) is 0.998. The Morgan fingerprint density at radius 1 is 1.37 bits per heavy atom.